The Morgan fingerprint density at radius 1 is 1.16 bits per heavy atom. The molecule has 2 aromatic carbocycles. The quantitative estimate of drug-likeness (QED) is 0.806. The Labute approximate surface area is 157 Å². The average molecular weight is 401 g/mol. The molecule has 1 amide bonds. The molecule has 0 aromatic heterocycles. The summed E-state index contributed by atoms with van der Waals surface area (Å²) in [6.07, 6.45) is 1.02. The number of hydrogen-bond donors (Lipinski definition) is 1. The molecule has 0 saturated carbocycles. The van der Waals surface area contributed by atoms with Crippen molar-refractivity contribution >= 4 is 44.8 Å². The number of benzene rings is 2. The van der Waals surface area contributed by atoms with Crippen LogP contribution in [-0.4, -0.2) is 26.6 Å². The van der Waals surface area contributed by atoms with Gasteiger partial charge in [0.05, 0.1) is 17.0 Å². The molecule has 0 fully saturated rings. The number of carbonyl (C=O) groups is 1. The fourth-order valence-electron chi connectivity index (χ4n) is 2.37. The number of anilines is 1. The lowest BCUT2D eigenvalue weighted by Gasteiger charge is -2.29. The topological polar surface area (TPSA) is 66.5 Å². The summed E-state index contributed by atoms with van der Waals surface area (Å²) in [5, 5.41) is 3.25. The highest BCUT2D eigenvalue weighted by Gasteiger charge is 2.30. The van der Waals surface area contributed by atoms with Crippen LogP contribution in [0, 0.1) is 0 Å². The van der Waals surface area contributed by atoms with Crippen LogP contribution in [0.5, 0.6) is 0 Å². The van der Waals surface area contributed by atoms with E-state index in [2.05, 4.69) is 5.32 Å². The molecule has 1 N–H and O–H groups in total. The number of amides is 1. The van der Waals surface area contributed by atoms with Crippen LogP contribution in [0.25, 0.3) is 0 Å². The molecular formula is C17H18Cl2N2O3S. The van der Waals surface area contributed by atoms with Crippen LogP contribution < -0.4 is 9.62 Å². The van der Waals surface area contributed by atoms with Crippen molar-refractivity contribution in [1.82, 2.24) is 5.32 Å². The molecule has 134 valence electrons. The van der Waals surface area contributed by atoms with Crippen molar-refractivity contribution in [3.8, 4) is 0 Å². The van der Waals surface area contributed by atoms with Gasteiger partial charge in [-0.25, -0.2) is 8.42 Å². The van der Waals surface area contributed by atoms with Gasteiger partial charge in [0.15, 0.2) is 0 Å². The summed E-state index contributed by atoms with van der Waals surface area (Å²) in [6, 6.07) is 12.8. The van der Waals surface area contributed by atoms with E-state index in [4.69, 9.17) is 23.2 Å². The lowest BCUT2D eigenvalue weighted by molar-refractivity contribution is -0.122. The summed E-state index contributed by atoms with van der Waals surface area (Å²) in [7, 11) is -3.76. The second kappa shape index (κ2) is 8.08. The van der Waals surface area contributed by atoms with E-state index in [-0.39, 0.29) is 10.7 Å². The molecule has 0 saturated heterocycles. The number of hydrogen-bond acceptors (Lipinski definition) is 3. The van der Waals surface area contributed by atoms with E-state index in [9.17, 15) is 13.2 Å². The molecule has 0 aliphatic carbocycles. The first kappa shape index (κ1) is 19.6. The van der Waals surface area contributed by atoms with Crippen molar-refractivity contribution in [3.63, 3.8) is 0 Å². The number of halogens is 2. The molecule has 0 unspecified atom stereocenters. The predicted octanol–water partition coefficient (Wildman–Crippen LogP) is 3.46. The van der Waals surface area contributed by atoms with Crippen LogP contribution in [0.1, 0.15) is 12.5 Å². The Balaban J connectivity index is 2.25. The lowest BCUT2D eigenvalue weighted by Crippen LogP contribution is -2.47. The summed E-state index contributed by atoms with van der Waals surface area (Å²) in [5.41, 5.74) is 1.08. The standard InChI is InChI=1S/C17H18Cl2N2O3S/c1-12(17(22)20-11-13-6-4-3-5-7-13)21(25(2,23)24)16-10-14(18)8-9-15(16)19/h3-10,12H,11H2,1-2H3,(H,20,22)/t12-/m1/s1. The zero-order valence-electron chi connectivity index (χ0n) is 13.7. The number of rotatable bonds is 6. The molecular weight excluding hydrogens is 383 g/mol. The van der Waals surface area contributed by atoms with Gasteiger partial charge in [-0.15, -0.1) is 0 Å². The second-order valence-electron chi connectivity index (χ2n) is 5.53. The minimum absolute atomic E-state index is 0.166. The number of carbonyl (C=O) groups excluding carboxylic acids is 1. The summed E-state index contributed by atoms with van der Waals surface area (Å²) in [6.45, 7) is 1.80. The fraction of sp³-hybridized carbons (Fsp3) is 0.235. The van der Waals surface area contributed by atoms with Crippen molar-refractivity contribution < 1.29 is 13.2 Å². The normalized spacial score (nSPS) is 12.5. The number of sulfonamides is 1. The van der Waals surface area contributed by atoms with E-state index in [1.165, 1.54) is 19.1 Å². The predicted molar refractivity (Wildman–Crippen MR) is 102 cm³/mol. The van der Waals surface area contributed by atoms with Crippen molar-refractivity contribution in [2.24, 2.45) is 0 Å². The Hall–Kier alpha value is -1.76. The molecule has 8 heteroatoms. The van der Waals surface area contributed by atoms with Crippen molar-refractivity contribution in [2.75, 3.05) is 10.6 Å². The molecule has 0 spiro atoms. The highest BCUT2D eigenvalue weighted by Crippen LogP contribution is 2.32. The summed E-state index contributed by atoms with van der Waals surface area (Å²) < 4.78 is 25.5. The van der Waals surface area contributed by atoms with Gasteiger partial charge in [0.2, 0.25) is 15.9 Å². The maximum absolute atomic E-state index is 12.5. The maximum atomic E-state index is 12.5. The van der Waals surface area contributed by atoms with Crippen LogP contribution in [0.4, 0.5) is 5.69 Å². The van der Waals surface area contributed by atoms with E-state index in [0.29, 0.717) is 11.6 Å². The summed E-state index contributed by atoms with van der Waals surface area (Å²) in [5.74, 6) is -0.440. The van der Waals surface area contributed by atoms with Gasteiger partial charge in [0, 0.05) is 11.6 Å². The zero-order chi connectivity index (χ0) is 18.6. The SMILES string of the molecule is C[C@H](C(=O)NCc1ccccc1)N(c1cc(Cl)ccc1Cl)S(C)(=O)=O. The monoisotopic (exact) mass is 400 g/mol. The molecule has 0 aliphatic heterocycles. The molecule has 5 nitrogen and oxygen atoms in total. The third-order valence-electron chi connectivity index (χ3n) is 3.54. The highest BCUT2D eigenvalue weighted by molar-refractivity contribution is 7.92. The van der Waals surface area contributed by atoms with Gasteiger partial charge in [-0.1, -0.05) is 53.5 Å². The molecule has 0 bridgehead atoms. The Morgan fingerprint density at radius 2 is 1.80 bits per heavy atom. The molecule has 1 atom stereocenters. The lowest BCUT2D eigenvalue weighted by atomic mass is 10.2. The van der Waals surface area contributed by atoms with Gasteiger partial charge >= 0.3 is 0 Å². The van der Waals surface area contributed by atoms with E-state index >= 15 is 0 Å². The first-order valence-electron chi connectivity index (χ1n) is 7.46. The van der Waals surface area contributed by atoms with Crippen LogP contribution >= 0.6 is 23.2 Å². The van der Waals surface area contributed by atoms with Crippen molar-refractivity contribution in [2.45, 2.75) is 19.5 Å². The van der Waals surface area contributed by atoms with Crippen LogP contribution in [0.15, 0.2) is 48.5 Å². The largest absolute Gasteiger partial charge is 0.350 e. The minimum atomic E-state index is -3.76. The second-order valence-corrected chi connectivity index (χ2v) is 8.24. The van der Waals surface area contributed by atoms with Gasteiger partial charge in [0.1, 0.15) is 6.04 Å². The van der Waals surface area contributed by atoms with Crippen LogP contribution in [0.3, 0.4) is 0 Å². The third-order valence-corrected chi connectivity index (χ3v) is 5.33. The molecule has 2 rings (SSSR count). The van der Waals surface area contributed by atoms with E-state index in [1.807, 2.05) is 30.3 Å². The minimum Gasteiger partial charge on any atom is -0.350 e. The van der Waals surface area contributed by atoms with Crippen molar-refractivity contribution in [3.05, 3.63) is 64.1 Å². The fourth-order valence-corrected chi connectivity index (χ4v) is 3.97. The maximum Gasteiger partial charge on any atom is 0.243 e. The number of nitrogens with one attached hydrogen (secondary N) is 1. The number of nitrogens with zero attached hydrogens (tertiary/aromatic N) is 1. The van der Waals surface area contributed by atoms with Gasteiger partial charge in [-0.2, -0.15) is 0 Å². The summed E-state index contributed by atoms with van der Waals surface area (Å²) >= 11 is 12.1. The zero-order valence-corrected chi connectivity index (χ0v) is 16.1. The molecule has 0 aliphatic rings. The summed E-state index contributed by atoms with van der Waals surface area (Å²) in [4.78, 5) is 12.5. The van der Waals surface area contributed by atoms with Crippen molar-refractivity contribution in [1.29, 1.82) is 0 Å². The van der Waals surface area contributed by atoms with E-state index in [1.54, 1.807) is 6.07 Å². The van der Waals surface area contributed by atoms with Crippen LogP contribution in [-0.2, 0) is 21.4 Å². The average Bonchev–Trinajstić information content (AvgIpc) is 2.55. The Bertz CT molecular complexity index is 857. The molecule has 0 radical (unpaired) electrons. The highest BCUT2D eigenvalue weighted by atomic mass is 35.5. The van der Waals surface area contributed by atoms with Crippen LogP contribution in [0.2, 0.25) is 10.0 Å². The first-order valence-corrected chi connectivity index (χ1v) is 10.1. The molecule has 25 heavy (non-hydrogen) atoms. The molecule has 2 aromatic rings. The Morgan fingerprint density at radius 3 is 2.40 bits per heavy atom. The van der Waals surface area contributed by atoms with Gasteiger partial charge in [-0.05, 0) is 30.7 Å². The first-order chi connectivity index (χ1) is 11.7. The molecule has 0 heterocycles. The van der Waals surface area contributed by atoms with Gasteiger partial charge in [-0.3, -0.25) is 9.10 Å². The smallest absolute Gasteiger partial charge is 0.243 e. The van der Waals surface area contributed by atoms with E-state index in [0.717, 1.165) is 16.1 Å². The van der Waals surface area contributed by atoms with E-state index < -0.39 is 22.0 Å². The third kappa shape index (κ3) is 5.11. The van der Waals surface area contributed by atoms with Gasteiger partial charge in [0.25, 0.3) is 0 Å². The Kier molecular flexibility index (Phi) is 6.32. The van der Waals surface area contributed by atoms with Gasteiger partial charge < -0.3 is 5.32 Å².